The monoisotopic (exact) mass is 252 g/mol. The molecule has 0 bridgehead atoms. The second-order valence-electron chi connectivity index (χ2n) is 3.91. The zero-order valence-corrected chi connectivity index (χ0v) is 10.6. The van der Waals surface area contributed by atoms with Gasteiger partial charge in [-0.3, -0.25) is 4.79 Å². The Hall–Kier alpha value is -1.59. The van der Waals surface area contributed by atoms with Crippen LogP contribution in [0.15, 0.2) is 24.3 Å². The van der Waals surface area contributed by atoms with E-state index in [2.05, 4.69) is 5.32 Å². The molecule has 0 saturated heterocycles. The number of aliphatic hydroxyl groups excluding tert-OH is 1. The molecule has 0 saturated carbocycles. The van der Waals surface area contributed by atoms with Crippen molar-refractivity contribution in [3.8, 4) is 5.75 Å². The van der Waals surface area contributed by atoms with Crippen LogP contribution in [0, 0.1) is 0 Å². The van der Waals surface area contributed by atoms with E-state index in [-0.39, 0.29) is 12.5 Å². The average molecular weight is 252 g/mol. The molecule has 0 fully saturated rings. The van der Waals surface area contributed by atoms with Gasteiger partial charge >= 0.3 is 0 Å². The van der Waals surface area contributed by atoms with E-state index >= 15 is 0 Å². The van der Waals surface area contributed by atoms with Gasteiger partial charge in [0.2, 0.25) is 5.91 Å². The normalized spacial score (nSPS) is 11.9. The van der Waals surface area contributed by atoms with Gasteiger partial charge in [0.1, 0.15) is 11.8 Å². The van der Waals surface area contributed by atoms with Crippen molar-refractivity contribution in [1.82, 2.24) is 5.32 Å². The number of nitrogens with two attached hydrogens (primary N) is 1. The van der Waals surface area contributed by atoms with Gasteiger partial charge in [-0.25, -0.2) is 0 Å². The number of hydrogen-bond donors (Lipinski definition) is 3. The van der Waals surface area contributed by atoms with E-state index in [1.165, 1.54) is 0 Å². The summed E-state index contributed by atoms with van der Waals surface area (Å²) in [5, 5.41) is 11.4. The lowest BCUT2D eigenvalue weighted by Crippen LogP contribution is -2.43. The maximum absolute atomic E-state index is 11.3. The zero-order valence-electron chi connectivity index (χ0n) is 10.6. The minimum Gasteiger partial charge on any atom is -0.494 e. The Morgan fingerprint density at radius 1 is 1.44 bits per heavy atom. The zero-order chi connectivity index (χ0) is 13.4. The van der Waals surface area contributed by atoms with Gasteiger partial charge in [0, 0.05) is 6.54 Å². The van der Waals surface area contributed by atoms with Crippen LogP contribution in [0.2, 0.25) is 0 Å². The summed E-state index contributed by atoms with van der Waals surface area (Å²) in [6, 6.07) is 6.89. The maximum Gasteiger partial charge on any atom is 0.239 e. The highest BCUT2D eigenvalue weighted by Gasteiger charge is 2.10. The molecule has 0 aromatic heterocycles. The van der Waals surface area contributed by atoms with Gasteiger partial charge in [-0.15, -0.1) is 0 Å². The third kappa shape index (κ3) is 4.73. The van der Waals surface area contributed by atoms with Crippen molar-refractivity contribution in [2.45, 2.75) is 19.4 Å². The van der Waals surface area contributed by atoms with Crippen LogP contribution in [0.5, 0.6) is 5.75 Å². The molecule has 1 amide bonds. The fourth-order valence-electron chi connectivity index (χ4n) is 1.46. The van der Waals surface area contributed by atoms with Crippen LogP contribution in [0.4, 0.5) is 0 Å². The molecule has 0 aliphatic rings. The number of benzene rings is 1. The summed E-state index contributed by atoms with van der Waals surface area (Å²) < 4.78 is 5.34. The van der Waals surface area contributed by atoms with Crippen molar-refractivity contribution in [2.24, 2.45) is 5.73 Å². The summed E-state index contributed by atoms with van der Waals surface area (Å²) in [7, 11) is 0. The van der Waals surface area contributed by atoms with E-state index in [0.29, 0.717) is 13.2 Å². The first kappa shape index (κ1) is 14.5. The molecule has 4 N–H and O–H groups in total. The number of ether oxygens (including phenoxy) is 1. The van der Waals surface area contributed by atoms with Gasteiger partial charge in [0.25, 0.3) is 0 Å². The number of amides is 1. The third-order valence-corrected chi connectivity index (χ3v) is 2.48. The minimum atomic E-state index is -0.842. The molecule has 1 unspecified atom stereocenters. The van der Waals surface area contributed by atoms with Crippen LogP contribution in [0.1, 0.15) is 12.5 Å². The number of carbonyl (C=O) groups excluding carboxylic acids is 1. The molecule has 0 spiro atoms. The molecule has 1 atom stereocenters. The topological polar surface area (TPSA) is 84.6 Å². The Bertz CT molecular complexity index is 365. The molecule has 1 rings (SSSR count). The van der Waals surface area contributed by atoms with Crippen LogP contribution in [-0.2, 0) is 11.2 Å². The highest BCUT2D eigenvalue weighted by atomic mass is 16.5. The van der Waals surface area contributed by atoms with Gasteiger partial charge < -0.3 is 20.9 Å². The Balaban J connectivity index is 2.33. The lowest BCUT2D eigenvalue weighted by atomic mass is 10.1. The molecule has 100 valence electrons. The van der Waals surface area contributed by atoms with Crippen molar-refractivity contribution < 1.29 is 14.6 Å². The van der Waals surface area contributed by atoms with Gasteiger partial charge in [0.05, 0.1) is 13.2 Å². The fraction of sp³-hybridized carbons (Fsp3) is 0.462. The Labute approximate surface area is 107 Å². The van der Waals surface area contributed by atoms with Crippen LogP contribution in [0.25, 0.3) is 0 Å². The summed E-state index contributed by atoms with van der Waals surface area (Å²) in [4.78, 5) is 11.3. The predicted molar refractivity (Wildman–Crippen MR) is 69.4 cm³/mol. The van der Waals surface area contributed by atoms with Gasteiger partial charge in [-0.1, -0.05) is 12.1 Å². The number of carbonyl (C=O) groups is 1. The Kier molecular flexibility index (Phi) is 6.18. The van der Waals surface area contributed by atoms with Crippen molar-refractivity contribution in [1.29, 1.82) is 0 Å². The second kappa shape index (κ2) is 7.68. The van der Waals surface area contributed by atoms with Crippen LogP contribution < -0.4 is 15.8 Å². The standard InChI is InChI=1S/C13H20N2O3/c1-2-18-11-5-3-10(4-6-11)7-8-15-13(17)12(14)9-16/h3-6,12,16H,2,7-9,14H2,1H3,(H,15,17). The van der Waals surface area contributed by atoms with E-state index in [0.717, 1.165) is 17.7 Å². The second-order valence-corrected chi connectivity index (χ2v) is 3.91. The molecule has 5 nitrogen and oxygen atoms in total. The van der Waals surface area contributed by atoms with E-state index in [4.69, 9.17) is 15.6 Å². The number of nitrogens with one attached hydrogen (secondary N) is 1. The van der Waals surface area contributed by atoms with Gasteiger partial charge in [0.15, 0.2) is 0 Å². The first-order valence-corrected chi connectivity index (χ1v) is 6.03. The summed E-state index contributed by atoms with van der Waals surface area (Å²) in [6.07, 6.45) is 0.719. The first-order chi connectivity index (χ1) is 8.67. The molecular weight excluding hydrogens is 232 g/mol. The molecule has 0 heterocycles. The number of hydrogen-bond acceptors (Lipinski definition) is 4. The maximum atomic E-state index is 11.3. The molecule has 18 heavy (non-hydrogen) atoms. The highest BCUT2D eigenvalue weighted by molar-refractivity contribution is 5.81. The van der Waals surface area contributed by atoms with E-state index in [1.807, 2.05) is 31.2 Å². The van der Waals surface area contributed by atoms with Crippen LogP contribution in [-0.4, -0.2) is 36.8 Å². The summed E-state index contributed by atoms with van der Waals surface area (Å²) in [5.74, 6) is 0.510. The van der Waals surface area contributed by atoms with Crippen molar-refractivity contribution in [3.05, 3.63) is 29.8 Å². The molecule has 0 aliphatic carbocycles. The summed E-state index contributed by atoms with van der Waals surface area (Å²) in [6.45, 7) is 2.75. The quantitative estimate of drug-likeness (QED) is 0.641. The molecule has 1 aromatic carbocycles. The van der Waals surface area contributed by atoms with Crippen molar-refractivity contribution in [3.63, 3.8) is 0 Å². The van der Waals surface area contributed by atoms with E-state index in [9.17, 15) is 4.79 Å². The summed E-state index contributed by atoms with van der Waals surface area (Å²) >= 11 is 0. The van der Waals surface area contributed by atoms with Crippen molar-refractivity contribution >= 4 is 5.91 Å². The Morgan fingerprint density at radius 2 is 2.11 bits per heavy atom. The molecule has 1 aromatic rings. The fourth-order valence-corrected chi connectivity index (χ4v) is 1.46. The van der Waals surface area contributed by atoms with Gasteiger partial charge in [-0.05, 0) is 31.0 Å². The largest absolute Gasteiger partial charge is 0.494 e. The third-order valence-electron chi connectivity index (χ3n) is 2.48. The van der Waals surface area contributed by atoms with Gasteiger partial charge in [-0.2, -0.15) is 0 Å². The smallest absolute Gasteiger partial charge is 0.239 e. The SMILES string of the molecule is CCOc1ccc(CCNC(=O)C(N)CO)cc1. The number of rotatable bonds is 7. The van der Waals surface area contributed by atoms with E-state index < -0.39 is 6.04 Å². The molecule has 0 radical (unpaired) electrons. The molecule has 0 aliphatic heterocycles. The summed E-state index contributed by atoms with van der Waals surface area (Å²) in [5.41, 5.74) is 6.48. The lowest BCUT2D eigenvalue weighted by molar-refractivity contribution is -0.123. The minimum absolute atomic E-state index is 0.330. The van der Waals surface area contributed by atoms with Crippen molar-refractivity contribution in [2.75, 3.05) is 19.8 Å². The van der Waals surface area contributed by atoms with Crippen LogP contribution in [0.3, 0.4) is 0 Å². The lowest BCUT2D eigenvalue weighted by Gasteiger charge is -2.09. The van der Waals surface area contributed by atoms with Crippen LogP contribution >= 0.6 is 0 Å². The molecule has 5 heteroatoms. The Morgan fingerprint density at radius 3 is 2.67 bits per heavy atom. The predicted octanol–water partition coefficient (Wildman–Crippen LogP) is 0.0636. The van der Waals surface area contributed by atoms with E-state index in [1.54, 1.807) is 0 Å². The first-order valence-electron chi connectivity index (χ1n) is 6.03. The average Bonchev–Trinajstić information content (AvgIpc) is 2.40. The highest BCUT2D eigenvalue weighted by Crippen LogP contribution is 2.12. The molecular formula is C13H20N2O3. The number of aliphatic hydroxyl groups is 1.